The molecule has 1 aliphatic heterocycles. The quantitative estimate of drug-likeness (QED) is 0.848. The van der Waals surface area contributed by atoms with Gasteiger partial charge in [0.25, 0.3) is 0 Å². The van der Waals surface area contributed by atoms with Crippen LogP contribution in [0.5, 0.6) is 0 Å². The maximum Gasteiger partial charge on any atom is 0.155 e. The van der Waals surface area contributed by atoms with Crippen LogP contribution in [0.2, 0.25) is 0 Å². The van der Waals surface area contributed by atoms with Crippen molar-refractivity contribution in [2.75, 3.05) is 17.2 Å². The summed E-state index contributed by atoms with van der Waals surface area (Å²) in [5.41, 5.74) is 6.64. The molecule has 0 bridgehead atoms. The van der Waals surface area contributed by atoms with Crippen LogP contribution in [0.1, 0.15) is 39.0 Å². The summed E-state index contributed by atoms with van der Waals surface area (Å²) < 4.78 is 0. The second kappa shape index (κ2) is 5.14. The van der Waals surface area contributed by atoms with Crippen molar-refractivity contribution in [2.24, 2.45) is 0 Å². The second-order valence-corrected chi connectivity index (χ2v) is 4.43. The van der Waals surface area contributed by atoms with Crippen molar-refractivity contribution < 1.29 is 0 Å². The molecule has 0 radical (unpaired) electrons. The van der Waals surface area contributed by atoms with Gasteiger partial charge < -0.3 is 10.6 Å². The lowest BCUT2D eigenvalue weighted by Crippen LogP contribution is -2.40. The molecule has 1 aromatic heterocycles. The molecule has 1 saturated heterocycles. The molecule has 16 heavy (non-hydrogen) atoms. The number of nitrogens with two attached hydrogens (primary N) is 1. The van der Waals surface area contributed by atoms with E-state index in [1.807, 2.05) is 0 Å². The number of piperidine rings is 1. The van der Waals surface area contributed by atoms with E-state index in [2.05, 4.69) is 21.8 Å². The maximum atomic E-state index is 5.94. The average Bonchev–Trinajstić information content (AvgIpc) is 2.31. The fourth-order valence-electron chi connectivity index (χ4n) is 2.49. The van der Waals surface area contributed by atoms with E-state index in [9.17, 15) is 0 Å². The summed E-state index contributed by atoms with van der Waals surface area (Å²) in [7, 11) is 0. The van der Waals surface area contributed by atoms with Gasteiger partial charge in [-0.15, -0.1) is 0 Å². The first-order valence-corrected chi connectivity index (χ1v) is 6.15. The van der Waals surface area contributed by atoms with E-state index in [1.54, 1.807) is 12.5 Å². The van der Waals surface area contributed by atoms with Gasteiger partial charge >= 0.3 is 0 Å². The topological polar surface area (TPSA) is 55.0 Å². The number of aromatic nitrogens is 2. The molecule has 0 amide bonds. The molecule has 4 heteroatoms. The molecule has 1 unspecified atom stereocenters. The van der Waals surface area contributed by atoms with Gasteiger partial charge in [0.15, 0.2) is 5.82 Å². The Hall–Kier alpha value is -1.32. The summed E-state index contributed by atoms with van der Waals surface area (Å²) in [5.74, 6) is 0.924. The lowest BCUT2D eigenvalue weighted by molar-refractivity contribution is 0.432. The molecule has 1 aromatic rings. The first-order chi connectivity index (χ1) is 7.83. The van der Waals surface area contributed by atoms with Crippen molar-refractivity contribution in [1.29, 1.82) is 0 Å². The molecule has 2 N–H and O–H groups in total. The van der Waals surface area contributed by atoms with Crippen molar-refractivity contribution in [3.63, 3.8) is 0 Å². The Kier molecular flexibility index (Phi) is 3.59. The Morgan fingerprint density at radius 1 is 1.50 bits per heavy atom. The van der Waals surface area contributed by atoms with Crippen LogP contribution in [0.3, 0.4) is 0 Å². The van der Waals surface area contributed by atoms with Gasteiger partial charge in [-0.2, -0.15) is 0 Å². The van der Waals surface area contributed by atoms with Crippen LogP contribution in [0, 0.1) is 0 Å². The minimum atomic E-state index is 0.607. The van der Waals surface area contributed by atoms with Gasteiger partial charge in [-0.3, -0.25) is 0 Å². The molecular weight excluding hydrogens is 200 g/mol. The highest BCUT2D eigenvalue weighted by Gasteiger charge is 2.24. The molecule has 0 spiro atoms. The number of hydrogen-bond acceptors (Lipinski definition) is 4. The van der Waals surface area contributed by atoms with Crippen LogP contribution >= 0.6 is 0 Å². The predicted octanol–water partition coefficient (Wildman–Crippen LogP) is 2.22. The summed E-state index contributed by atoms with van der Waals surface area (Å²) >= 11 is 0. The van der Waals surface area contributed by atoms with Gasteiger partial charge in [0, 0.05) is 12.6 Å². The predicted molar refractivity (Wildman–Crippen MR) is 66.3 cm³/mol. The van der Waals surface area contributed by atoms with Gasteiger partial charge in [0.2, 0.25) is 0 Å². The largest absolute Gasteiger partial charge is 0.394 e. The highest BCUT2D eigenvalue weighted by Crippen LogP contribution is 2.28. The van der Waals surface area contributed by atoms with Crippen LogP contribution in [-0.4, -0.2) is 22.6 Å². The average molecular weight is 220 g/mol. The summed E-state index contributed by atoms with van der Waals surface area (Å²) in [6, 6.07) is 0.607. The maximum absolute atomic E-state index is 5.94. The first-order valence-electron chi connectivity index (χ1n) is 6.15. The van der Waals surface area contributed by atoms with Crippen LogP contribution in [0.25, 0.3) is 0 Å². The Morgan fingerprint density at radius 3 is 3.12 bits per heavy atom. The summed E-state index contributed by atoms with van der Waals surface area (Å²) in [5, 5.41) is 0. The fourth-order valence-corrected chi connectivity index (χ4v) is 2.49. The van der Waals surface area contributed by atoms with Crippen molar-refractivity contribution in [2.45, 2.75) is 45.1 Å². The van der Waals surface area contributed by atoms with E-state index >= 15 is 0 Å². The summed E-state index contributed by atoms with van der Waals surface area (Å²) in [4.78, 5) is 10.6. The highest BCUT2D eigenvalue weighted by atomic mass is 15.2. The van der Waals surface area contributed by atoms with E-state index in [4.69, 9.17) is 5.73 Å². The monoisotopic (exact) mass is 220 g/mol. The van der Waals surface area contributed by atoms with Gasteiger partial charge in [0.1, 0.15) is 6.33 Å². The zero-order valence-electron chi connectivity index (χ0n) is 9.89. The van der Waals surface area contributed by atoms with Crippen molar-refractivity contribution in [1.82, 2.24) is 9.97 Å². The third-order valence-corrected chi connectivity index (χ3v) is 3.24. The van der Waals surface area contributed by atoms with Gasteiger partial charge in [-0.25, -0.2) is 9.97 Å². The molecule has 88 valence electrons. The van der Waals surface area contributed by atoms with Crippen LogP contribution in [0.4, 0.5) is 11.5 Å². The zero-order valence-corrected chi connectivity index (χ0v) is 9.89. The first kappa shape index (κ1) is 11.2. The van der Waals surface area contributed by atoms with E-state index < -0.39 is 0 Å². The molecule has 0 aliphatic carbocycles. The lowest BCUT2D eigenvalue weighted by Gasteiger charge is -2.37. The number of anilines is 2. The molecule has 2 heterocycles. The third-order valence-electron chi connectivity index (χ3n) is 3.24. The molecule has 0 saturated carbocycles. The minimum absolute atomic E-state index is 0.607. The van der Waals surface area contributed by atoms with Crippen molar-refractivity contribution in [3.8, 4) is 0 Å². The fraction of sp³-hybridized carbons (Fsp3) is 0.667. The third kappa shape index (κ3) is 2.26. The Morgan fingerprint density at radius 2 is 2.38 bits per heavy atom. The van der Waals surface area contributed by atoms with Crippen LogP contribution < -0.4 is 10.6 Å². The molecule has 1 aliphatic rings. The normalized spacial score (nSPS) is 21.1. The molecule has 2 rings (SSSR count). The molecular formula is C12H20N4. The minimum Gasteiger partial charge on any atom is -0.394 e. The van der Waals surface area contributed by atoms with Gasteiger partial charge in [-0.05, 0) is 25.7 Å². The Balaban J connectivity index is 2.19. The van der Waals surface area contributed by atoms with E-state index in [-0.39, 0.29) is 0 Å². The molecule has 0 aromatic carbocycles. The van der Waals surface area contributed by atoms with Gasteiger partial charge in [0.05, 0.1) is 11.9 Å². The second-order valence-electron chi connectivity index (χ2n) is 4.43. The molecule has 1 atom stereocenters. The Bertz CT molecular complexity index is 338. The standard InChI is InChI=1S/C12H20N4/c1-2-5-10-6-3-4-7-16(10)12-11(13)8-14-9-15-12/h8-10H,2-7,13H2,1H3. The summed E-state index contributed by atoms with van der Waals surface area (Å²) in [6.45, 7) is 3.31. The number of hydrogen-bond donors (Lipinski definition) is 1. The van der Waals surface area contributed by atoms with Gasteiger partial charge in [-0.1, -0.05) is 13.3 Å². The van der Waals surface area contributed by atoms with Crippen LogP contribution in [-0.2, 0) is 0 Å². The summed E-state index contributed by atoms with van der Waals surface area (Å²) in [6.07, 6.45) is 9.55. The number of nitrogens with zero attached hydrogens (tertiary/aromatic N) is 3. The lowest BCUT2D eigenvalue weighted by atomic mass is 9.98. The number of nitrogen functional groups attached to an aromatic ring is 1. The number of rotatable bonds is 3. The van der Waals surface area contributed by atoms with Crippen molar-refractivity contribution >= 4 is 11.5 Å². The van der Waals surface area contributed by atoms with E-state index in [0.29, 0.717) is 11.7 Å². The molecule has 4 nitrogen and oxygen atoms in total. The SMILES string of the molecule is CCCC1CCCCN1c1ncncc1N. The zero-order chi connectivity index (χ0) is 11.4. The van der Waals surface area contributed by atoms with E-state index in [0.717, 1.165) is 12.4 Å². The smallest absolute Gasteiger partial charge is 0.155 e. The molecule has 1 fully saturated rings. The van der Waals surface area contributed by atoms with E-state index in [1.165, 1.54) is 32.1 Å². The van der Waals surface area contributed by atoms with Crippen molar-refractivity contribution in [3.05, 3.63) is 12.5 Å². The van der Waals surface area contributed by atoms with Crippen LogP contribution in [0.15, 0.2) is 12.5 Å². The Labute approximate surface area is 96.9 Å². The highest BCUT2D eigenvalue weighted by molar-refractivity contribution is 5.61.